The molecule has 0 aliphatic carbocycles. The average molecular weight is 574 g/mol. The molecule has 4 rings (SSSR count). The molecule has 216 valence electrons. The van der Waals surface area contributed by atoms with Crippen molar-refractivity contribution in [2.24, 2.45) is 0 Å². The van der Waals surface area contributed by atoms with E-state index in [4.69, 9.17) is 0 Å². The molecule has 0 unspecified atom stereocenters. The van der Waals surface area contributed by atoms with E-state index in [9.17, 15) is 37.1 Å². The number of rotatable bonds is 8. The van der Waals surface area contributed by atoms with Crippen molar-refractivity contribution < 1.29 is 32.3 Å². The minimum atomic E-state index is -4.64. The molecule has 41 heavy (non-hydrogen) atoms. The fourth-order valence-corrected chi connectivity index (χ4v) is 4.47. The van der Waals surface area contributed by atoms with Gasteiger partial charge in [-0.25, -0.2) is 9.59 Å². The Balaban J connectivity index is 1.78. The molecule has 11 nitrogen and oxygen atoms in total. The highest BCUT2D eigenvalue weighted by Crippen LogP contribution is 2.33. The van der Waals surface area contributed by atoms with Crippen molar-refractivity contribution in [3.63, 3.8) is 0 Å². The third kappa shape index (κ3) is 6.15. The van der Waals surface area contributed by atoms with Gasteiger partial charge in [0, 0.05) is 25.3 Å². The number of urea groups is 1. The summed E-state index contributed by atoms with van der Waals surface area (Å²) in [5.74, 6) is -1.52. The van der Waals surface area contributed by atoms with Crippen molar-refractivity contribution in [2.45, 2.75) is 26.1 Å². The number of benzene rings is 2. The van der Waals surface area contributed by atoms with Gasteiger partial charge in [0.15, 0.2) is 0 Å². The number of methoxy groups -OCH3 is 1. The number of alkyl halides is 3. The van der Waals surface area contributed by atoms with Crippen molar-refractivity contribution in [3.05, 3.63) is 85.6 Å². The standard InChI is InChI=1S/C27H26F3N5O6/c1-15-17(4-3-5-19(15)27(28,29)30)14-35-24(38)21(23(37)31-11-10-20(36)41-2)22(33-26(35)40)16-6-8-18(9-7-16)34-13-12-32-25(34)39/h3-9H,10-14H2,1-2H3,(H,31,37)(H,32,39)(H,33,40). The van der Waals surface area contributed by atoms with Gasteiger partial charge in [0.2, 0.25) is 0 Å². The normalized spacial score (nSPS) is 13.2. The first-order valence-corrected chi connectivity index (χ1v) is 12.5. The van der Waals surface area contributed by atoms with E-state index in [2.05, 4.69) is 20.4 Å². The lowest BCUT2D eigenvalue weighted by Crippen LogP contribution is -2.42. The molecule has 1 saturated heterocycles. The zero-order valence-corrected chi connectivity index (χ0v) is 22.1. The average Bonchev–Trinajstić information content (AvgIpc) is 3.36. The van der Waals surface area contributed by atoms with Crippen LogP contribution >= 0.6 is 0 Å². The van der Waals surface area contributed by atoms with Crippen molar-refractivity contribution >= 4 is 23.6 Å². The van der Waals surface area contributed by atoms with E-state index >= 15 is 0 Å². The number of nitrogens with one attached hydrogen (secondary N) is 3. The van der Waals surface area contributed by atoms with Crippen LogP contribution in [0, 0.1) is 6.92 Å². The Morgan fingerprint density at radius 1 is 1.07 bits per heavy atom. The summed E-state index contributed by atoms with van der Waals surface area (Å²) in [6.45, 7) is 1.42. The van der Waals surface area contributed by atoms with Crippen LogP contribution in [0.25, 0.3) is 11.3 Å². The summed E-state index contributed by atoms with van der Waals surface area (Å²) in [6.07, 6.45) is -4.83. The minimum absolute atomic E-state index is 0.0606. The number of aromatic amines is 1. The molecule has 0 bridgehead atoms. The maximum absolute atomic E-state index is 13.6. The van der Waals surface area contributed by atoms with Crippen LogP contribution in [0.1, 0.15) is 33.5 Å². The maximum Gasteiger partial charge on any atom is 0.416 e. The van der Waals surface area contributed by atoms with Gasteiger partial charge in [-0.1, -0.05) is 24.3 Å². The Labute approximate surface area is 230 Å². The van der Waals surface area contributed by atoms with E-state index in [0.717, 1.165) is 6.07 Å². The number of hydrogen-bond donors (Lipinski definition) is 3. The smallest absolute Gasteiger partial charge is 0.416 e. The Kier molecular flexibility index (Phi) is 8.31. The second-order valence-corrected chi connectivity index (χ2v) is 9.17. The summed E-state index contributed by atoms with van der Waals surface area (Å²) in [5.41, 5.74) is -2.81. The number of halogens is 3. The molecule has 1 aliphatic heterocycles. The molecular formula is C27H26F3N5O6. The van der Waals surface area contributed by atoms with Crippen LogP contribution in [0.3, 0.4) is 0 Å². The molecule has 2 aromatic carbocycles. The SMILES string of the molecule is COC(=O)CCNC(=O)c1c(-c2ccc(N3CCNC3=O)cc2)[nH]c(=O)n(Cc2cccc(C(F)(F)F)c2C)c1=O. The fourth-order valence-electron chi connectivity index (χ4n) is 4.47. The van der Waals surface area contributed by atoms with Gasteiger partial charge in [-0.2, -0.15) is 13.2 Å². The van der Waals surface area contributed by atoms with Gasteiger partial charge in [0.25, 0.3) is 11.5 Å². The van der Waals surface area contributed by atoms with Gasteiger partial charge < -0.3 is 20.4 Å². The first-order valence-electron chi connectivity index (χ1n) is 12.5. The highest BCUT2D eigenvalue weighted by Gasteiger charge is 2.33. The van der Waals surface area contributed by atoms with Crippen LogP contribution < -0.4 is 26.8 Å². The molecule has 3 aromatic rings. The first kappa shape index (κ1) is 29.1. The van der Waals surface area contributed by atoms with Crippen LogP contribution in [-0.2, 0) is 22.3 Å². The number of carbonyl (C=O) groups is 3. The molecule has 1 aliphatic rings. The van der Waals surface area contributed by atoms with Crippen LogP contribution in [-0.4, -0.2) is 54.2 Å². The van der Waals surface area contributed by atoms with Gasteiger partial charge in [-0.05, 0) is 41.8 Å². The third-order valence-corrected chi connectivity index (χ3v) is 6.66. The van der Waals surface area contributed by atoms with Gasteiger partial charge in [0.05, 0.1) is 31.3 Å². The summed E-state index contributed by atoms with van der Waals surface area (Å²) < 4.78 is 45.5. The highest BCUT2D eigenvalue weighted by molar-refractivity contribution is 6.00. The molecular weight excluding hydrogens is 547 g/mol. The van der Waals surface area contributed by atoms with Crippen molar-refractivity contribution in [2.75, 3.05) is 31.6 Å². The Morgan fingerprint density at radius 2 is 1.78 bits per heavy atom. The van der Waals surface area contributed by atoms with Gasteiger partial charge >= 0.3 is 23.9 Å². The quantitative estimate of drug-likeness (QED) is 0.354. The summed E-state index contributed by atoms with van der Waals surface area (Å²) in [4.78, 5) is 67.4. The Morgan fingerprint density at radius 3 is 2.39 bits per heavy atom. The van der Waals surface area contributed by atoms with Crippen LogP contribution in [0.15, 0.2) is 52.1 Å². The van der Waals surface area contributed by atoms with E-state index in [1.807, 2.05) is 0 Å². The fraction of sp³-hybridized carbons (Fsp3) is 0.296. The van der Waals surface area contributed by atoms with Crippen molar-refractivity contribution in [1.29, 1.82) is 0 Å². The molecule has 2 heterocycles. The Hall–Kier alpha value is -4.88. The van der Waals surface area contributed by atoms with Crippen molar-refractivity contribution in [1.82, 2.24) is 20.2 Å². The van der Waals surface area contributed by atoms with Crippen LogP contribution in [0.4, 0.5) is 23.7 Å². The van der Waals surface area contributed by atoms with Gasteiger partial charge in [-0.3, -0.25) is 23.9 Å². The lowest BCUT2D eigenvalue weighted by atomic mass is 10.0. The first-order chi connectivity index (χ1) is 19.4. The van der Waals surface area contributed by atoms with Gasteiger partial charge in [0.1, 0.15) is 5.56 Å². The van der Waals surface area contributed by atoms with Crippen LogP contribution in [0.5, 0.6) is 0 Å². The number of esters is 1. The predicted octanol–water partition coefficient (Wildman–Crippen LogP) is 2.40. The van der Waals surface area contributed by atoms with Crippen LogP contribution in [0.2, 0.25) is 0 Å². The molecule has 0 atom stereocenters. The molecule has 1 fully saturated rings. The number of H-pyrrole nitrogens is 1. The molecule has 3 N–H and O–H groups in total. The molecule has 0 saturated carbocycles. The second kappa shape index (κ2) is 11.7. The van der Waals surface area contributed by atoms with E-state index < -0.39 is 47.0 Å². The van der Waals surface area contributed by atoms with E-state index in [1.165, 1.54) is 43.2 Å². The number of ether oxygens (including phenoxy) is 1. The zero-order valence-electron chi connectivity index (χ0n) is 22.1. The number of anilines is 1. The predicted molar refractivity (Wildman–Crippen MR) is 142 cm³/mol. The largest absolute Gasteiger partial charge is 0.469 e. The number of aromatic nitrogens is 2. The van der Waals surface area contributed by atoms with E-state index in [-0.39, 0.29) is 41.4 Å². The maximum atomic E-state index is 13.6. The lowest BCUT2D eigenvalue weighted by Gasteiger charge is -2.17. The number of hydrogen-bond acceptors (Lipinski definition) is 6. The summed E-state index contributed by atoms with van der Waals surface area (Å²) >= 11 is 0. The Bertz CT molecular complexity index is 1610. The van der Waals surface area contributed by atoms with Crippen molar-refractivity contribution in [3.8, 4) is 11.3 Å². The minimum Gasteiger partial charge on any atom is -0.469 e. The van der Waals surface area contributed by atoms with E-state index in [0.29, 0.717) is 23.3 Å². The molecule has 1 aromatic heterocycles. The van der Waals surface area contributed by atoms with E-state index in [1.54, 1.807) is 12.1 Å². The summed E-state index contributed by atoms with van der Waals surface area (Å²) in [5, 5.41) is 5.12. The number of amides is 3. The lowest BCUT2D eigenvalue weighted by molar-refractivity contribution is -0.140. The molecule has 14 heteroatoms. The number of nitrogens with zero attached hydrogens (tertiary/aromatic N) is 2. The summed E-state index contributed by atoms with van der Waals surface area (Å²) in [6, 6.07) is 9.31. The van der Waals surface area contributed by atoms with Gasteiger partial charge in [-0.15, -0.1) is 0 Å². The number of carbonyl (C=O) groups excluding carboxylic acids is 3. The summed E-state index contributed by atoms with van der Waals surface area (Å²) in [7, 11) is 1.17. The highest BCUT2D eigenvalue weighted by atomic mass is 19.4. The second-order valence-electron chi connectivity index (χ2n) is 9.17. The molecule has 0 spiro atoms. The topological polar surface area (TPSA) is 143 Å². The monoisotopic (exact) mass is 573 g/mol. The molecule has 0 radical (unpaired) electrons. The third-order valence-electron chi connectivity index (χ3n) is 6.66. The molecule has 3 amide bonds. The zero-order chi connectivity index (χ0) is 29.9.